The van der Waals surface area contributed by atoms with Gasteiger partial charge in [0.1, 0.15) is 22.3 Å². The fraction of sp³-hybridized carbons (Fsp3) is 0.0562. The van der Waals surface area contributed by atoms with Crippen molar-refractivity contribution in [1.82, 2.24) is 0 Å². The fourth-order valence-electron chi connectivity index (χ4n) is 15.8. The van der Waals surface area contributed by atoms with Gasteiger partial charge in [-0.1, -0.05) is 297 Å². The SMILES string of the molecule is C(=C(/c1ccc(-c2cccc3c2oc2ccccc23)cc1)c1ccc2c(c1)C1(C3=C(c4ccccc4)CC(c4ccccc4)=C3c3ccccc31)c1cc(CC(Cc3ccc(-c4cccc5c4oc4ccccc45)cc3)c3ccccc3)ccc1-2)/c1ccccc1. The van der Waals surface area contributed by atoms with Crippen LogP contribution < -0.4 is 0 Å². The van der Waals surface area contributed by atoms with Crippen LogP contribution in [0.4, 0.5) is 0 Å². The topological polar surface area (TPSA) is 26.3 Å². The maximum absolute atomic E-state index is 6.58. The van der Waals surface area contributed by atoms with Crippen LogP contribution >= 0.6 is 0 Å². The van der Waals surface area contributed by atoms with Gasteiger partial charge in [0.05, 0.1) is 5.41 Å². The van der Waals surface area contributed by atoms with Crippen LogP contribution in [-0.4, -0.2) is 0 Å². The van der Waals surface area contributed by atoms with E-state index in [1.165, 1.54) is 89.1 Å². The molecular weight excluding hydrogens is 1100 g/mol. The number of fused-ring (bicyclic) bond motifs is 16. The third-order valence-corrected chi connectivity index (χ3v) is 19.9. The summed E-state index contributed by atoms with van der Waals surface area (Å²) in [5.74, 6) is 0.209. The Morgan fingerprint density at radius 3 is 1.48 bits per heavy atom. The Labute approximate surface area is 529 Å². The van der Waals surface area contributed by atoms with E-state index in [2.05, 4.69) is 309 Å². The van der Waals surface area contributed by atoms with Crippen molar-refractivity contribution in [2.75, 3.05) is 0 Å². The number of furan rings is 2. The molecule has 0 radical (unpaired) electrons. The van der Waals surface area contributed by atoms with Gasteiger partial charge < -0.3 is 8.83 Å². The first-order valence-corrected chi connectivity index (χ1v) is 31.9. The summed E-state index contributed by atoms with van der Waals surface area (Å²) in [4.78, 5) is 0. The van der Waals surface area contributed by atoms with Crippen LogP contribution in [0.1, 0.15) is 79.1 Å². The van der Waals surface area contributed by atoms with Crippen molar-refractivity contribution < 1.29 is 8.83 Å². The normalized spacial score (nSPS) is 15.3. The average molecular weight is 1160 g/mol. The largest absolute Gasteiger partial charge is 0.455 e. The van der Waals surface area contributed by atoms with Crippen LogP contribution in [0, 0.1) is 0 Å². The highest BCUT2D eigenvalue weighted by Crippen LogP contribution is 2.69. The molecule has 0 saturated carbocycles. The zero-order chi connectivity index (χ0) is 60.0. The molecule has 0 aliphatic heterocycles. The van der Waals surface area contributed by atoms with E-state index in [-0.39, 0.29) is 5.92 Å². The molecule has 428 valence electrons. The van der Waals surface area contributed by atoms with Crippen molar-refractivity contribution >= 4 is 72.2 Å². The molecule has 13 aromatic carbocycles. The quantitative estimate of drug-likeness (QED) is 0.114. The Bertz CT molecular complexity index is 5450. The van der Waals surface area contributed by atoms with Gasteiger partial charge in [-0.25, -0.2) is 0 Å². The predicted molar refractivity (Wildman–Crippen MR) is 378 cm³/mol. The standard InChI is InChI=1S/C89H60O2/c1-5-21-57(22-6-1)53-77(65-46-44-64(45-47-65)69-33-20-35-75-73-30-15-18-38-84(73)91-88(69)75)66-48-50-71-70-49-41-59(52-67(60-23-7-2-8-24-60)51-58-39-42-63(43-40-58)68-32-19-34-74-72-29-14-17-37-83(72)90-87(68)74)54-81(70)89(82(71)55-66)80-36-16-13-31-76(80)85-78(61-25-9-3-10-26-61)56-79(86(85)89)62-27-11-4-12-28-62/h1-50,53-55,67H,51-52,56H2/b77-53+. The van der Waals surface area contributed by atoms with E-state index in [0.717, 1.165) is 102 Å². The number of para-hydroxylation sites is 4. The van der Waals surface area contributed by atoms with Crippen LogP contribution in [-0.2, 0) is 18.3 Å². The van der Waals surface area contributed by atoms with Gasteiger partial charge in [-0.05, 0) is 166 Å². The van der Waals surface area contributed by atoms with Crippen molar-refractivity contribution in [2.45, 2.75) is 30.6 Å². The Morgan fingerprint density at radius 1 is 0.352 bits per heavy atom. The van der Waals surface area contributed by atoms with Gasteiger partial charge >= 0.3 is 0 Å². The summed E-state index contributed by atoms with van der Waals surface area (Å²) < 4.78 is 13.1. The molecule has 15 aromatic rings. The smallest absolute Gasteiger partial charge is 0.143 e. The molecule has 0 N–H and O–H groups in total. The maximum Gasteiger partial charge on any atom is 0.143 e. The highest BCUT2D eigenvalue weighted by Gasteiger charge is 2.57. The highest BCUT2D eigenvalue weighted by molar-refractivity contribution is 6.18. The molecule has 3 aliphatic carbocycles. The fourth-order valence-corrected chi connectivity index (χ4v) is 15.8. The van der Waals surface area contributed by atoms with Crippen molar-refractivity contribution in [3.8, 4) is 33.4 Å². The summed E-state index contributed by atoms with van der Waals surface area (Å²) >= 11 is 0. The molecule has 2 unspecified atom stereocenters. The van der Waals surface area contributed by atoms with E-state index >= 15 is 0 Å². The van der Waals surface area contributed by atoms with E-state index in [4.69, 9.17) is 8.83 Å². The van der Waals surface area contributed by atoms with Crippen molar-refractivity contribution in [3.63, 3.8) is 0 Å². The number of allylic oxidation sites excluding steroid dienone is 4. The molecule has 0 amide bonds. The summed E-state index contributed by atoms with van der Waals surface area (Å²) in [5, 5.41) is 4.55. The van der Waals surface area contributed by atoms with Gasteiger partial charge in [0.15, 0.2) is 0 Å². The van der Waals surface area contributed by atoms with Crippen LogP contribution in [0.3, 0.4) is 0 Å². The molecule has 2 heterocycles. The Kier molecular flexibility index (Phi) is 12.5. The van der Waals surface area contributed by atoms with Crippen LogP contribution in [0.25, 0.3) is 106 Å². The molecule has 2 aromatic heterocycles. The van der Waals surface area contributed by atoms with E-state index in [0.29, 0.717) is 0 Å². The average Bonchev–Trinajstić information content (AvgIpc) is 1.50. The second-order valence-electron chi connectivity index (χ2n) is 24.9. The minimum Gasteiger partial charge on any atom is -0.455 e. The third-order valence-electron chi connectivity index (χ3n) is 19.9. The van der Waals surface area contributed by atoms with Crippen LogP contribution in [0.5, 0.6) is 0 Å². The summed E-state index contributed by atoms with van der Waals surface area (Å²) in [6.07, 6.45) is 4.96. The Hall–Kier alpha value is -11.3. The van der Waals surface area contributed by atoms with Crippen molar-refractivity contribution in [3.05, 3.63) is 388 Å². The molecule has 91 heavy (non-hydrogen) atoms. The van der Waals surface area contributed by atoms with E-state index in [1.807, 2.05) is 12.1 Å². The van der Waals surface area contributed by atoms with E-state index in [9.17, 15) is 0 Å². The minimum absolute atomic E-state index is 0.209. The second kappa shape index (κ2) is 21.5. The van der Waals surface area contributed by atoms with Crippen LogP contribution in [0.15, 0.2) is 330 Å². The number of benzene rings is 13. The van der Waals surface area contributed by atoms with Gasteiger partial charge in [0.2, 0.25) is 0 Å². The van der Waals surface area contributed by atoms with E-state index in [1.54, 1.807) is 0 Å². The molecule has 2 atom stereocenters. The molecule has 2 nitrogen and oxygen atoms in total. The van der Waals surface area contributed by atoms with Crippen molar-refractivity contribution in [2.24, 2.45) is 0 Å². The predicted octanol–water partition coefficient (Wildman–Crippen LogP) is 23.1. The van der Waals surface area contributed by atoms with Gasteiger partial charge in [0, 0.05) is 32.7 Å². The lowest BCUT2D eigenvalue weighted by atomic mass is 9.68. The molecule has 0 bridgehead atoms. The maximum atomic E-state index is 6.58. The number of rotatable bonds is 12. The van der Waals surface area contributed by atoms with Gasteiger partial charge in [0.25, 0.3) is 0 Å². The zero-order valence-electron chi connectivity index (χ0n) is 50.1. The lowest BCUT2D eigenvalue weighted by molar-refractivity contribution is 0.669. The van der Waals surface area contributed by atoms with Gasteiger partial charge in [-0.15, -0.1) is 0 Å². The molecule has 0 fully saturated rings. The number of hydrogen-bond acceptors (Lipinski definition) is 2. The molecule has 3 aliphatic rings. The monoisotopic (exact) mass is 1160 g/mol. The van der Waals surface area contributed by atoms with E-state index < -0.39 is 5.41 Å². The second-order valence-corrected chi connectivity index (χ2v) is 24.9. The molecule has 18 rings (SSSR count). The molecule has 1 spiro atoms. The third kappa shape index (κ3) is 8.62. The van der Waals surface area contributed by atoms with Gasteiger partial charge in [-0.2, -0.15) is 0 Å². The Morgan fingerprint density at radius 2 is 0.835 bits per heavy atom. The Balaban J connectivity index is 0.802. The lowest BCUT2D eigenvalue weighted by Crippen LogP contribution is -2.27. The van der Waals surface area contributed by atoms with Crippen LogP contribution in [0.2, 0.25) is 0 Å². The zero-order valence-corrected chi connectivity index (χ0v) is 50.1. The first-order chi connectivity index (χ1) is 45.1. The van der Waals surface area contributed by atoms with Crippen molar-refractivity contribution in [1.29, 1.82) is 0 Å². The number of hydrogen-bond donors (Lipinski definition) is 0. The first kappa shape index (κ1) is 52.8. The minimum atomic E-state index is -0.655. The molecule has 0 saturated heterocycles. The molecular formula is C89H60O2. The summed E-state index contributed by atoms with van der Waals surface area (Å²) in [7, 11) is 0. The summed E-state index contributed by atoms with van der Waals surface area (Å²) in [6.45, 7) is 0. The van der Waals surface area contributed by atoms with Gasteiger partial charge in [-0.3, -0.25) is 0 Å². The summed E-state index contributed by atoms with van der Waals surface area (Å²) in [6, 6.07) is 117. The highest BCUT2D eigenvalue weighted by atomic mass is 16.3. The molecule has 2 heteroatoms. The summed E-state index contributed by atoms with van der Waals surface area (Å²) in [5.41, 5.74) is 32.1. The first-order valence-electron chi connectivity index (χ1n) is 31.9. The lowest BCUT2D eigenvalue weighted by Gasteiger charge is -2.33.